The van der Waals surface area contributed by atoms with Gasteiger partial charge in [0.15, 0.2) is 6.10 Å². The van der Waals surface area contributed by atoms with Crippen molar-refractivity contribution in [1.29, 1.82) is 0 Å². The van der Waals surface area contributed by atoms with E-state index < -0.39 is 35.1 Å². The third-order valence-corrected chi connectivity index (χ3v) is 5.03. The topological polar surface area (TPSA) is 61.8 Å². The van der Waals surface area contributed by atoms with Crippen molar-refractivity contribution in [2.75, 3.05) is 0 Å². The molecule has 182 valence electrons. The first-order valence-corrected chi connectivity index (χ1v) is 11.2. The molecule has 0 spiro atoms. The number of esters is 2. The highest BCUT2D eigenvalue weighted by molar-refractivity contribution is 6.04. The van der Waals surface area contributed by atoms with E-state index in [1.807, 2.05) is 60.7 Å². The van der Waals surface area contributed by atoms with E-state index in [0.717, 1.165) is 0 Å². The fourth-order valence-corrected chi connectivity index (χ4v) is 3.43. The monoisotopic (exact) mass is 476 g/mol. The molecule has 0 aliphatic rings. The average molecular weight is 477 g/mol. The Hall–Kier alpha value is -3.93. The lowest BCUT2D eigenvalue weighted by Crippen LogP contribution is -2.55. The Bertz CT molecular complexity index is 1100. The Kier molecular flexibility index (Phi) is 8.07. The van der Waals surface area contributed by atoms with Crippen molar-refractivity contribution < 1.29 is 28.2 Å². The zero-order valence-corrected chi connectivity index (χ0v) is 20.1. The third-order valence-electron chi connectivity index (χ3n) is 5.03. The number of carbonyl (C=O) groups is 2. The minimum absolute atomic E-state index is 0.104. The molecule has 3 aromatic carbocycles. The fraction of sp³-hybridized carbons (Fsp3) is 0.241. The molecule has 0 N–H and O–H groups in total. The summed E-state index contributed by atoms with van der Waals surface area (Å²) >= 11 is 0. The summed E-state index contributed by atoms with van der Waals surface area (Å²) in [6, 6.07) is 23.4. The van der Waals surface area contributed by atoms with Crippen molar-refractivity contribution in [1.82, 2.24) is 0 Å². The molecule has 1 atom stereocenters. The third kappa shape index (κ3) is 6.57. The van der Waals surface area contributed by atoms with E-state index in [1.165, 1.54) is 30.3 Å². The molecule has 5 nitrogen and oxygen atoms in total. The lowest BCUT2D eigenvalue weighted by molar-refractivity contribution is -0.189. The standard InChI is InChI=1S/C29H29FO5/c1-5-20-29(27(32)35-28(2,3)4,34-24-18-16-23(30)17-19-24)26(31)33-25(21-12-8-6-9-13-21)22-14-10-7-11-15-22/h5-19,25H,1,20H2,2-4H3/t29-/m0/s1. The summed E-state index contributed by atoms with van der Waals surface area (Å²) in [4.78, 5) is 27.3. The number of hydrogen-bond acceptors (Lipinski definition) is 5. The van der Waals surface area contributed by atoms with E-state index in [-0.39, 0.29) is 12.2 Å². The Morgan fingerprint density at radius 2 is 1.37 bits per heavy atom. The molecule has 0 radical (unpaired) electrons. The van der Waals surface area contributed by atoms with Gasteiger partial charge in [-0.25, -0.2) is 14.0 Å². The Morgan fingerprint density at radius 1 is 0.857 bits per heavy atom. The van der Waals surface area contributed by atoms with Gasteiger partial charge in [-0.05, 0) is 56.2 Å². The second-order valence-corrected chi connectivity index (χ2v) is 8.98. The van der Waals surface area contributed by atoms with Crippen LogP contribution in [0.5, 0.6) is 5.75 Å². The van der Waals surface area contributed by atoms with Gasteiger partial charge in [-0.1, -0.05) is 66.7 Å². The van der Waals surface area contributed by atoms with Gasteiger partial charge in [-0.2, -0.15) is 0 Å². The van der Waals surface area contributed by atoms with Crippen LogP contribution in [0.2, 0.25) is 0 Å². The maximum Gasteiger partial charge on any atom is 0.363 e. The second kappa shape index (κ2) is 11.0. The van der Waals surface area contributed by atoms with Crippen molar-refractivity contribution in [2.45, 2.75) is 44.5 Å². The Morgan fingerprint density at radius 3 is 1.83 bits per heavy atom. The number of ether oxygens (including phenoxy) is 3. The number of hydrogen-bond donors (Lipinski definition) is 0. The smallest absolute Gasteiger partial charge is 0.363 e. The minimum Gasteiger partial charge on any atom is -0.464 e. The average Bonchev–Trinajstić information content (AvgIpc) is 2.83. The first kappa shape index (κ1) is 25.7. The SMILES string of the molecule is C=CC[C@](Oc1ccc(F)cc1)(C(=O)OC(c1ccccc1)c1ccccc1)C(=O)OC(C)(C)C. The van der Waals surface area contributed by atoms with E-state index in [4.69, 9.17) is 14.2 Å². The molecule has 0 saturated carbocycles. The summed E-state index contributed by atoms with van der Waals surface area (Å²) in [5.41, 5.74) is -1.68. The van der Waals surface area contributed by atoms with Crippen molar-refractivity contribution in [3.8, 4) is 5.75 Å². The van der Waals surface area contributed by atoms with Crippen LogP contribution in [0.1, 0.15) is 44.4 Å². The van der Waals surface area contributed by atoms with Gasteiger partial charge in [0.1, 0.15) is 17.2 Å². The highest BCUT2D eigenvalue weighted by atomic mass is 19.1. The molecule has 0 amide bonds. The van der Waals surface area contributed by atoms with Crippen molar-refractivity contribution in [3.63, 3.8) is 0 Å². The van der Waals surface area contributed by atoms with Crippen LogP contribution >= 0.6 is 0 Å². The van der Waals surface area contributed by atoms with Gasteiger partial charge in [0, 0.05) is 6.42 Å². The first-order valence-electron chi connectivity index (χ1n) is 11.2. The van der Waals surface area contributed by atoms with E-state index >= 15 is 0 Å². The molecule has 6 heteroatoms. The van der Waals surface area contributed by atoms with Gasteiger partial charge >= 0.3 is 17.5 Å². The van der Waals surface area contributed by atoms with Crippen molar-refractivity contribution in [2.24, 2.45) is 0 Å². The van der Waals surface area contributed by atoms with Gasteiger partial charge < -0.3 is 14.2 Å². The van der Waals surface area contributed by atoms with Gasteiger partial charge in [0.2, 0.25) is 0 Å². The summed E-state index contributed by atoms with van der Waals surface area (Å²) in [6.07, 6.45) is 0.344. The van der Waals surface area contributed by atoms with Crippen LogP contribution in [0.25, 0.3) is 0 Å². The maximum atomic E-state index is 13.8. The molecule has 0 heterocycles. The quantitative estimate of drug-likeness (QED) is 0.209. The molecular formula is C29H29FO5. The molecule has 0 fully saturated rings. The van der Waals surface area contributed by atoms with E-state index in [0.29, 0.717) is 11.1 Å². The number of benzene rings is 3. The Labute approximate surface area is 205 Å². The highest BCUT2D eigenvalue weighted by Gasteiger charge is 2.53. The maximum absolute atomic E-state index is 13.8. The molecular weight excluding hydrogens is 447 g/mol. The molecule has 3 aromatic rings. The first-order chi connectivity index (χ1) is 16.6. The minimum atomic E-state index is -2.20. The predicted molar refractivity (Wildman–Crippen MR) is 131 cm³/mol. The molecule has 0 aliphatic heterocycles. The summed E-state index contributed by atoms with van der Waals surface area (Å²) in [5, 5.41) is 0. The zero-order valence-electron chi connectivity index (χ0n) is 20.1. The van der Waals surface area contributed by atoms with Crippen molar-refractivity contribution >= 4 is 11.9 Å². The van der Waals surface area contributed by atoms with Gasteiger partial charge in [0.05, 0.1) is 0 Å². The molecule has 3 rings (SSSR count). The van der Waals surface area contributed by atoms with Crippen LogP contribution in [-0.4, -0.2) is 23.1 Å². The van der Waals surface area contributed by atoms with Crippen LogP contribution in [0.3, 0.4) is 0 Å². The van der Waals surface area contributed by atoms with Crippen LogP contribution in [0.15, 0.2) is 97.6 Å². The number of rotatable bonds is 9. The molecule has 0 unspecified atom stereocenters. The lowest BCUT2D eigenvalue weighted by Gasteiger charge is -2.33. The summed E-state index contributed by atoms with van der Waals surface area (Å²) in [5.74, 6) is -2.26. The van der Waals surface area contributed by atoms with E-state index in [2.05, 4.69) is 6.58 Å². The second-order valence-electron chi connectivity index (χ2n) is 8.98. The molecule has 0 aliphatic carbocycles. The summed E-state index contributed by atoms with van der Waals surface area (Å²) in [7, 11) is 0. The van der Waals surface area contributed by atoms with E-state index in [9.17, 15) is 14.0 Å². The van der Waals surface area contributed by atoms with Crippen LogP contribution in [0, 0.1) is 5.82 Å². The van der Waals surface area contributed by atoms with Gasteiger partial charge in [-0.3, -0.25) is 0 Å². The fourth-order valence-electron chi connectivity index (χ4n) is 3.43. The lowest BCUT2D eigenvalue weighted by atomic mass is 9.97. The van der Waals surface area contributed by atoms with Gasteiger partial charge in [0.25, 0.3) is 0 Å². The normalized spacial score (nSPS) is 12.9. The highest BCUT2D eigenvalue weighted by Crippen LogP contribution is 2.32. The predicted octanol–water partition coefficient (Wildman–Crippen LogP) is 6.19. The van der Waals surface area contributed by atoms with Gasteiger partial charge in [-0.15, -0.1) is 6.58 Å². The van der Waals surface area contributed by atoms with Crippen LogP contribution in [0.4, 0.5) is 4.39 Å². The molecule has 0 aromatic heterocycles. The number of halogens is 1. The van der Waals surface area contributed by atoms with Crippen molar-refractivity contribution in [3.05, 3.63) is 115 Å². The van der Waals surface area contributed by atoms with E-state index in [1.54, 1.807) is 20.8 Å². The molecule has 35 heavy (non-hydrogen) atoms. The molecule has 0 saturated heterocycles. The summed E-state index contributed by atoms with van der Waals surface area (Å²) < 4.78 is 31.0. The largest absolute Gasteiger partial charge is 0.464 e. The van der Waals surface area contributed by atoms with Crippen LogP contribution < -0.4 is 4.74 Å². The zero-order chi connectivity index (χ0) is 25.5. The Balaban J connectivity index is 2.07. The molecule has 0 bridgehead atoms. The number of carbonyl (C=O) groups excluding carboxylic acids is 2. The van der Waals surface area contributed by atoms with Crippen LogP contribution in [-0.2, 0) is 19.1 Å². The summed E-state index contributed by atoms with van der Waals surface area (Å²) in [6.45, 7) is 8.75.